The first-order valence-electron chi connectivity index (χ1n) is 5.48. The van der Waals surface area contributed by atoms with Gasteiger partial charge in [-0.3, -0.25) is 4.90 Å². The highest BCUT2D eigenvalue weighted by molar-refractivity contribution is 4.75. The molecule has 0 aromatic carbocycles. The molecule has 0 saturated carbocycles. The lowest BCUT2D eigenvalue weighted by Gasteiger charge is -2.27. The standard InChI is InChI=1S/C11H22N2O/c1-3-5-12-10-11(2)13-6-4-8-14-9-7-13/h3,11-12H,1,4-10H2,2H3. The summed E-state index contributed by atoms with van der Waals surface area (Å²) >= 11 is 0. The Morgan fingerprint density at radius 1 is 1.50 bits per heavy atom. The number of ether oxygens (including phenoxy) is 1. The SMILES string of the molecule is C=CCNCC(C)N1CCCOCC1. The third kappa shape index (κ3) is 4.22. The van der Waals surface area contributed by atoms with E-state index < -0.39 is 0 Å². The number of rotatable bonds is 5. The molecule has 1 saturated heterocycles. The van der Waals surface area contributed by atoms with E-state index in [4.69, 9.17) is 4.74 Å². The molecule has 14 heavy (non-hydrogen) atoms. The van der Waals surface area contributed by atoms with Gasteiger partial charge in [0.15, 0.2) is 0 Å². The second-order valence-corrected chi connectivity index (χ2v) is 3.80. The highest BCUT2D eigenvalue weighted by atomic mass is 16.5. The van der Waals surface area contributed by atoms with Crippen molar-refractivity contribution in [3.05, 3.63) is 12.7 Å². The Hall–Kier alpha value is -0.380. The molecule has 82 valence electrons. The Bertz CT molecular complexity index is 153. The molecule has 1 aliphatic heterocycles. The molecule has 1 atom stereocenters. The van der Waals surface area contributed by atoms with Crippen LogP contribution >= 0.6 is 0 Å². The summed E-state index contributed by atoms with van der Waals surface area (Å²) in [5, 5.41) is 3.35. The van der Waals surface area contributed by atoms with Gasteiger partial charge in [0.25, 0.3) is 0 Å². The van der Waals surface area contributed by atoms with Gasteiger partial charge in [0.1, 0.15) is 0 Å². The van der Waals surface area contributed by atoms with Gasteiger partial charge in [-0.2, -0.15) is 0 Å². The third-order valence-corrected chi connectivity index (χ3v) is 2.61. The van der Waals surface area contributed by atoms with E-state index in [2.05, 4.69) is 23.7 Å². The maximum absolute atomic E-state index is 5.42. The first kappa shape index (κ1) is 11.7. The van der Waals surface area contributed by atoms with Gasteiger partial charge in [0.05, 0.1) is 6.61 Å². The van der Waals surface area contributed by atoms with E-state index in [0.29, 0.717) is 6.04 Å². The van der Waals surface area contributed by atoms with Crippen LogP contribution in [0, 0.1) is 0 Å². The maximum atomic E-state index is 5.42. The average molecular weight is 198 g/mol. The van der Waals surface area contributed by atoms with Crippen LogP contribution in [0.3, 0.4) is 0 Å². The second-order valence-electron chi connectivity index (χ2n) is 3.80. The van der Waals surface area contributed by atoms with Crippen molar-refractivity contribution in [3.63, 3.8) is 0 Å². The Labute approximate surface area is 87.1 Å². The highest BCUT2D eigenvalue weighted by Gasteiger charge is 2.14. The molecule has 1 heterocycles. The Morgan fingerprint density at radius 3 is 3.14 bits per heavy atom. The zero-order valence-electron chi connectivity index (χ0n) is 9.17. The van der Waals surface area contributed by atoms with Gasteiger partial charge in [0, 0.05) is 38.8 Å². The first-order chi connectivity index (χ1) is 6.84. The quantitative estimate of drug-likeness (QED) is 0.524. The number of hydrogen-bond donors (Lipinski definition) is 1. The molecule has 3 heteroatoms. The van der Waals surface area contributed by atoms with Gasteiger partial charge < -0.3 is 10.1 Å². The van der Waals surface area contributed by atoms with Crippen LogP contribution in [-0.2, 0) is 4.74 Å². The molecule has 0 aromatic heterocycles. The van der Waals surface area contributed by atoms with Gasteiger partial charge in [-0.05, 0) is 13.3 Å². The number of nitrogens with one attached hydrogen (secondary N) is 1. The molecular formula is C11H22N2O. The number of nitrogens with zero attached hydrogens (tertiary/aromatic N) is 1. The van der Waals surface area contributed by atoms with Gasteiger partial charge in [-0.25, -0.2) is 0 Å². The molecular weight excluding hydrogens is 176 g/mol. The molecule has 0 spiro atoms. The van der Waals surface area contributed by atoms with Crippen molar-refractivity contribution in [2.24, 2.45) is 0 Å². The summed E-state index contributed by atoms with van der Waals surface area (Å²) < 4.78 is 5.42. The number of hydrogen-bond acceptors (Lipinski definition) is 3. The first-order valence-corrected chi connectivity index (χ1v) is 5.48. The van der Waals surface area contributed by atoms with E-state index >= 15 is 0 Å². The van der Waals surface area contributed by atoms with Crippen molar-refractivity contribution in [2.45, 2.75) is 19.4 Å². The summed E-state index contributed by atoms with van der Waals surface area (Å²) in [4.78, 5) is 2.49. The molecule has 0 aliphatic carbocycles. The Kier molecular flexibility index (Phi) is 5.83. The molecule has 1 aliphatic rings. The average Bonchev–Trinajstić information content (AvgIpc) is 2.46. The minimum atomic E-state index is 0.594. The van der Waals surface area contributed by atoms with Gasteiger partial charge in [-0.1, -0.05) is 6.08 Å². The van der Waals surface area contributed by atoms with Crippen molar-refractivity contribution < 1.29 is 4.74 Å². The predicted octanol–water partition coefficient (Wildman–Crippen LogP) is 0.873. The molecule has 0 radical (unpaired) electrons. The van der Waals surface area contributed by atoms with Crippen molar-refractivity contribution in [1.82, 2.24) is 10.2 Å². The largest absolute Gasteiger partial charge is 0.380 e. The van der Waals surface area contributed by atoms with Crippen LogP contribution < -0.4 is 5.32 Å². The molecule has 0 bridgehead atoms. The summed E-state index contributed by atoms with van der Waals surface area (Å²) in [5.41, 5.74) is 0. The van der Waals surface area contributed by atoms with E-state index in [9.17, 15) is 0 Å². The zero-order chi connectivity index (χ0) is 10.2. The predicted molar refractivity (Wildman–Crippen MR) is 59.5 cm³/mol. The van der Waals surface area contributed by atoms with Crippen molar-refractivity contribution in [3.8, 4) is 0 Å². The van der Waals surface area contributed by atoms with Gasteiger partial charge in [-0.15, -0.1) is 6.58 Å². The smallest absolute Gasteiger partial charge is 0.0593 e. The van der Waals surface area contributed by atoms with E-state index in [0.717, 1.165) is 45.8 Å². The topological polar surface area (TPSA) is 24.5 Å². The maximum Gasteiger partial charge on any atom is 0.0593 e. The molecule has 1 fully saturated rings. The van der Waals surface area contributed by atoms with Crippen LogP contribution in [0.4, 0.5) is 0 Å². The summed E-state index contributed by atoms with van der Waals surface area (Å²) in [5.74, 6) is 0. The fourth-order valence-electron chi connectivity index (χ4n) is 1.73. The fourth-order valence-corrected chi connectivity index (χ4v) is 1.73. The van der Waals surface area contributed by atoms with Crippen molar-refractivity contribution >= 4 is 0 Å². The lowest BCUT2D eigenvalue weighted by Crippen LogP contribution is -2.41. The monoisotopic (exact) mass is 198 g/mol. The van der Waals surface area contributed by atoms with Crippen LogP contribution in [0.25, 0.3) is 0 Å². The fraction of sp³-hybridized carbons (Fsp3) is 0.818. The normalized spacial score (nSPS) is 21.5. The zero-order valence-corrected chi connectivity index (χ0v) is 9.17. The van der Waals surface area contributed by atoms with E-state index in [-0.39, 0.29) is 0 Å². The molecule has 0 amide bonds. The molecule has 3 nitrogen and oxygen atoms in total. The van der Waals surface area contributed by atoms with Crippen LogP contribution in [0.15, 0.2) is 12.7 Å². The van der Waals surface area contributed by atoms with Gasteiger partial charge in [0.2, 0.25) is 0 Å². The molecule has 1 unspecified atom stereocenters. The van der Waals surface area contributed by atoms with Crippen LogP contribution in [0.5, 0.6) is 0 Å². The second kappa shape index (κ2) is 6.98. The van der Waals surface area contributed by atoms with Gasteiger partial charge >= 0.3 is 0 Å². The summed E-state index contributed by atoms with van der Waals surface area (Å²) in [7, 11) is 0. The molecule has 1 N–H and O–H groups in total. The Morgan fingerprint density at radius 2 is 2.36 bits per heavy atom. The van der Waals surface area contributed by atoms with E-state index in [1.54, 1.807) is 0 Å². The third-order valence-electron chi connectivity index (χ3n) is 2.61. The molecule has 1 rings (SSSR count). The van der Waals surface area contributed by atoms with Crippen LogP contribution in [-0.4, -0.2) is 50.3 Å². The van der Waals surface area contributed by atoms with Crippen molar-refractivity contribution in [1.29, 1.82) is 0 Å². The minimum absolute atomic E-state index is 0.594. The minimum Gasteiger partial charge on any atom is -0.380 e. The van der Waals surface area contributed by atoms with E-state index in [1.807, 2.05) is 6.08 Å². The van der Waals surface area contributed by atoms with E-state index in [1.165, 1.54) is 0 Å². The van der Waals surface area contributed by atoms with Crippen LogP contribution in [0.2, 0.25) is 0 Å². The lowest BCUT2D eigenvalue weighted by molar-refractivity contribution is 0.133. The molecule has 0 aromatic rings. The van der Waals surface area contributed by atoms with Crippen molar-refractivity contribution in [2.75, 3.05) is 39.4 Å². The summed E-state index contributed by atoms with van der Waals surface area (Å²) in [6.45, 7) is 11.9. The lowest BCUT2D eigenvalue weighted by atomic mass is 10.2. The Balaban J connectivity index is 2.19. The van der Waals surface area contributed by atoms with Crippen LogP contribution in [0.1, 0.15) is 13.3 Å². The summed E-state index contributed by atoms with van der Waals surface area (Å²) in [6, 6.07) is 0.594. The summed E-state index contributed by atoms with van der Waals surface area (Å²) in [6.07, 6.45) is 3.06. The highest BCUT2D eigenvalue weighted by Crippen LogP contribution is 2.03.